The highest BCUT2D eigenvalue weighted by Crippen LogP contribution is 2.29. The quantitative estimate of drug-likeness (QED) is 0.833. The van der Waals surface area contributed by atoms with Gasteiger partial charge in [-0.1, -0.05) is 12.1 Å². The molecule has 0 aliphatic carbocycles. The second kappa shape index (κ2) is 5.06. The predicted octanol–water partition coefficient (Wildman–Crippen LogP) is 4.85. The number of benzene rings is 1. The molecule has 1 N–H and O–H groups in total. The van der Waals surface area contributed by atoms with Crippen molar-refractivity contribution in [1.82, 2.24) is 0 Å². The van der Waals surface area contributed by atoms with Crippen LogP contribution in [0, 0.1) is 0 Å². The molecule has 2 heterocycles. The summed E-state index contributed by atoms with van der Waals surface area (Å²) >= 11 is 5.42. The van der Waals surface area contributed by atoms with E-state index in [-0.39, 0.29) is 0 Å². The van der Waals surface area contributed by atoms with Gasteiger partial charge >= 0.3 is 0 Å². The number of rotatable bonds is 2. The Morgan fingerprint density at radius 1 is 1.39 bits per heavy atom. The summed E-state index contributed by atoms with van der Waals surface area (Å²) in [5.41, 5.74) is 4.20. The summed E-state index contributed by atoms with van der Waals surface area (Å²) in [6, 6.07) is 9.58. The first-order valence-corrected chi connectivity index (χ1v) is 8.00. The summed E-state index contributed by atoms with van der Waals surface area (Å²) in [6.45, 7) is 2.25. The molecule has 18 heavy (non-hydrogen) atoms. The molecule has 1 aromatic carbocycles. The molecule has 1 aliphatic heterocycles. The summed E-state index contributed by atoms with van der Waals surface area (Å²) in [7, 11) is 0. The molecule has 3 rings (SSSR count). The van der Waals surface area contributed by atoms with Crippen molar-refractivity contribution in [3.63, 3.8) is 0 Å². The maximum atomic E-state index is 3.60. The Morgan fingerprint density at radius 3 is 3.06 bits per heavy atom. The molecule has 1 aromatic heterocycles. The smallest absolute Gasteiger partial charge is 0.0374 e. The van der Waals surface area contributed by atoms with Crippen LogP contribution in [0.4, 0.5) is 5.69 Å². The van der Waals surface area contributed by atoms with Gasteiger partial charge in [0.05, 0.1) is 0 Å². The Bertz CT molecular complexity index is 561. The molecule has 3 heteroatoms. The van der Waals surface area contributed by atoms with Crippen LogP contribution >= 0.6 is 27.3 Å². The third kappa shape index (κ3) is 2.47. The molecule has 0 spiro atoms. The van der Waals surface area contributed by atoms with E-state index in [0.29, 0.717) is 6.04 Å². The third-order valence-electron chi connectivity index (χ3n) is 3.47. The molecule has 1 atom stereocenters. The van der Waals surface area contributed by atoms with E-state index in [1.165, 1.54) is 39.0 Å². The molecule has 2 aromatic rings. The Labute approximate surface area is 120 Å². The van der Waals surface area contributed by atoms with E-state index < -0.39 is 0 Å². The van der Waals surface area contributed by atoms with E-state index in [1.807, 2.05) is 11.3 Å². The molecule has 0 fully saturated rings. The van der Waals surface area contributed by atoms with Crippen LogP contribution in [-0.4, -0.2) is 6.04 Å². The van der Waals surface area contributed by atoms with E-state index in [2.05, 4.69) is 57.8 Å². The molecule has 94 valence electrons. The van der Waals surface area contributed by atoms with Crippen molar-refractivity contribution >= 4 is 33.0 Å². The molecule has 0 saturated heterocycles. The van der Waals surface area contributed by atoms with Gasteiger partial charge in [0.15, 0.2) is 0 Å². The van der Waals surface area contributed by atoms with Crippen molar-refractivity contribution in [3.05, 3.63) is 50.1 Å². The minimum Gasteiger partial charge on any atom is -0.382 e. The van der Waals surface area contributed by atoms with Crippen LogP contribution in [0.2, 0.25) is 0 Å². The van der Waals surface area contributed by atoms with Crippen molar-refractivity contribution < 1.29 is 0 Å². The standard InChI is InChI=1S/C15H16BrNS/c1-10-2-4-12-8-11(3-5-14(12)17-10)9-15-13(16)6-7-18-15/h3,5-8,10,17H,2,4,9H2,1H3. The monoisotopic (exact) mass is 321 g/mol. The van der Waals surface area contributed by atoms with Gasteiger partial charge in [-0.15, -0.1) is 11.3 Å². The fraction of sp³-hybridized carbons (Fsp3) is 0.333. The lowest BCUT2D eigenvalue weighted by Crippen LogP contribution is -2.21. The average molecular weight is 322 g/mol. The number of anilines is 1. The van der Waals surface area contributed by atoms with Crippen LogP contribution in [0.15, 0.2) is 34.1 Å². The van der Waals surface area contributed by atoms with Crippen molar-refractivity contribution in [2.45, 2.75) is 32.2 Å². The number of thiophene rings is 1. The largest absolute Gasteiger partial charge is 0.382 e. The van der Waals surface area contributed by atoms with Crippen LogP contribution in [0.25, 0.3) is 0 Å². The first kappa shape index (κ1) is 12.2. The van der Waals surface area contributed by atoms with E-state index in [1.54, 1.807) is 0 Å². The van der Waals surface area contributed by atoms with Gasteiger partial charge < -0.3 is 5.32 Å². The highest BCUT2D eigenvalue weighted by atomic mass is 79.9. The Hall–Kier alpha value is -0.800. The number of hydrogen-bond donors (Lipinski definition) is 1. The van der Waals surface area contributed by atoms with Gasteiger partial charge in [-0.3, -0.25) is 0 Å². The predicted molar refractivity (Wildman–Crippen MR) is 82.7 cm³/mol. The van der Waals surface area contributed by atoms with Crippen molar-refractivity contribution in [2.75, 3.05) is 5.32 Å². The number of aryl methyl sites for hydroxylation is 1. The van der Waals surface area contributed by atoms with Gasteiger partial charge in [-0.2, -0.15) is 0 Å². The van der Waals surface area contributed by atoms with E-state index in [9.17, 15) is 0 Å². The van der Waals surface area contributed by atoms with Crippen LogP contribution in [0.3, 0.4) is 0 Å². The summed E-state index contributed by atoms with van der Waals surface area (Å²) in [5.74, 6) is 0. The number of hydrogen-bond acceptors (Lipinski definition) is 2. The van der Waals surface area contributed by atoms with Gasteiger partial charge in [-0.25, -0.2) is 0 Å². The van der Waals surface area contributed by atoms with Crippen LogP contribution in [-0.2, 0) is 12.8 Å². The molecule has 1 nitrogen and oxygen atoms in total. The fourth-order valence-electron chi connectivity index (χ4n) is 2.45. The normalized spacial score (nSPS) is 18.2. The average Bonchev–Trinajstić information content (AvgIpc) is 2.75. The van der Waals surface area contributed by atoms with Crippen LogP contribution < -0.4 is 5.32 Å². The Kier molecular flexibility index (Phi) is 3.44. The third-order valence-corrected chi connectivity index (χ3v) is 5.40. The number of nitrogens with one attached hydrogen (secondary N) is 1. The van der Waals surface area contributed by atoms with Crippen LogP contribution in [0.1, 0.15) is 29.3 Å². The number of fused-ring (bicyclic) bond motifs is 1. The van der Waals surface area contributed by atoms with Gasteiger partial charge in [0.25, 0.3) is 0 Å². The lowest BCUT2D eigenvalue weighted by atomic mass is 9.96. The summed E-state index contributed by atoms with van der Waals surface area (Å²) in [4.78, 5) is 1.41. The topological polar surface area (TPSA) is 12.0 Å². The van der Waals surface area contributed by atoms with Gasteiger partial charge in [0.1, 0.15) is 0 Å². The van der Waals surface area contributed by atoms with E-state index in [0.717, 1.165) is 6.42 Å². The van der Waals surface area contributed by atoms with Crippen molar-refractivity contribution in [2.24, 2.45) is 0 Å². The molecule has 1 aliphatic rings. The molecular weight excluding hydrogens is 306 g/mol. The molecule has 0 amide bonds. The number of halogens is 1. The van der Waals surface area contributed by atoms with Gasteiger partial charge in [-0.05, 0) is 64.3 Å². The highest BCUT2D eigenvalue weighted by Gasteiger charge is 2.14. The molecular formula is C15H16BrNS. The minimum atomic E-state index is 0.606. The summed E-state index contributed by atoms with van der Waals surface area (Å²) in [5, 5.41) is 5.69. The first-order valence-electron chi connectivity index (χ1n) is 6.32. The summed E-state index contributed by atoms with van der Waals surface area (Å²) < 4.78 is 1.23. The summed E-state index contributed by atoms with van der Waals surface area (Å²) in [6.07, 6.45) is 3.46. The second-order valence-corrected chi connectivity index (χ2v) is 6.80. The fourth-order valence-corrected chi connectivity index (χ4v) is 3.98. The SMILES string of the molecule is CC1CCc2cc(Cc3sccc3Br)ccc2N1. The molecule has 0 saturated carbocycles. The minimum absolute atomic E-state index is 0.606. The molecule has 0 bridgehead atoms. The lowest BCUT2D eigenvalue weighted by Gasteiger charge is -2.24. The lowest BCUT2D eigenvalue weighted by molar-refractivity contribution is 0.680. The Balaban J connectivity index is 1.84. The first-order chi connectivity index (χ1) is 8.72. The van der Waals surface area contributed by atoms with E-state index in [4.69, 9.17) is 0 Å². The zero-order valence-corrected chi connectivity index (χ0v) is 12.8. The Morgan fingerprint density at radius 2 is 2.28 bits per heavy atom. The van der Waals surface area contributed by atoms with Crippen LogP contribution in [0.5, 0.6) is 0 Å². The van der Waals surface area contributed by atoms with Crippen molar-refractivity contribution in [1.29, 1.82) is 0 Å². The van der Waals surface area contributed by atoms with Gasteiger partial charge in [0, 0.05) is 27.5 Å². The zero-order valence-electron chi connectivity index (χ0n) is 10.4. The molecule has 1 unspecified atom stereocenters. The van der Waals surface area contributed by atoms with Crippen molar-refractivity contribution in [3.8, 4) is 0 Å². The van der Waals surface area contributed by atoms with Gasteiger partial charge in [0.2, 0.25) is 0 Å². The zero-order chi connectivity index (χ0) is 12.5. The molecule has 0 radical (unpaired) electrons. The second-order valence-electron chi connectivity index (χ2n) is 4.94. The highest BCUT2D eigenvalue weighted by molar-refractivity contribution is 9.10. The maximum absolute atomic E-state index is 3.60. The maximum Gasteiger partial charge on any atom is 0.0374 e. The van der Waals surface area contributed by atoms with E-state index >= 15 is 0 Å².